The van der Waals surface area contributed by atoms with Gasteiger partial charge in [-0.25, -0.2) is 23.3 Å². The maximum Gasteiger partial charge on any atom is 0.319 e. The summed E-state index contributed by atoms with van der Waals surface area (Å²) in [4.78, 5) is 40.9. The molecule has 3 heterocycles. The van der Waals surface area contributed by atoms with Crippen LogP contribution in [0.25, 0.3) is 11.2 Å². The lowest BCUT2D eigenvalue weighted by atomic mass is 9.91. The molecular formula is C38H46N10O5S. The van der Waals surface area contributed by atoms with E-state index < -0.39 is 16.1 Å². The summed E-state index contributed by atoms with van der Waals surface area (Å²) in [5.74, 6) is 1.20. The highest BCUT2D eigenvalue weighted by atomic mass is 32.2. The third kappa shape index (κ3) is 9.31. The van der Waals surface area contributed by atoms with Gasteiger partial charge in [0.25, 0.3) is 0 Å². The van der Waals surface area contributed by atoms with Gasteiger partial charge in [0, 0.05) is 63.6 Å². The number of imidazole rings is 1. The van der Waals surface area contributed by atoms with Crippen LogP contribution in [0.5, 0.6) is 0 Å². The Bertz CT molecular complexity index is 2100. The number of primary sulfonamides is 1. The predicted molar refractivity (Wildman–Crippen MR) is 208 cm³/mol. The van der Waals surface area contributed by atoms with Crippen LogP contribution in [-0.4, -0.2) is 86.3 Å². The molecular weight excluding hydrogens is 709 g/mol. The van der Waals surface area contributed by atoms with E-state index >= 15 is 0 Å². The minimum atomic E-state index is -3.91. The molecule has 54 heavy (non-hydrogen) atoms. The molecule has 5 aromatic rings. The maximum atomic E-state index is 12.9. The lowest BCUT2D eigenvalue weighted by Gasteiger charge is -2.22. The third-order valence-corrected chi connectivity index (χ3v) is 10.5. The Morgan fingerprint density at radius 3 is 2.33 bits per heavy atom. The Morgan fingerprint density at radius 2 is 1.67 bits per heavy atom. The summed E-state index contributed by atoms with van der Waals surface area (Å²) in [5, 5.41) is 17.5. The highest BCUT2D eigenvalue weighted by Crippen LogP contribution is 2.35. The fourth-order valence-corrected chi connectivity index (χ4v) is 7.62. The van der Waals surface area contributed by atoms with E-state index in [0.717, 1.165) is 25.7 Å². The first-order chi connectivity index (χ1) is 26.2. The number of carbonyl (C=O) groups is 2. The van der Waals surface area contributed by atoms with Crippen molar-refractivity contribution < 1.29 is 22.7 Å². The van der Waals surface area contributed by atoms with Gasteiger partial charge in [-0.15, -0.1) is 0 Å². The first-order valence-corrected chi connectivity index (χ1v) is 19.3. The van der Waals surface area contributed by atoms with Crippen LogP contribution in [0, 0.1) is 0 Å². The van der Waals surface area contributed by atoms with Crippen LogP contribution < -0.4 is 31.3 Å². The number of fused-ring (bicyclic) bond motifs is 1. The predicted octanol–water partition coefficient (Wildman–Crippen LogP) is 4.22. The van der Waals surface area contributed by atoms with Crippen molar-refractivity contribution in [3.05, 3.63) is 102 Å². The summed E-state index contributed by atoms with van der Waals surface area (Å²) in [7, 11) is -0.659. The van der Waals surface area contributed by atoms with Gasteiger partial charge < -0.3 is 35.5 Å². The molecule has 0 radical (unpaired) electrons. The average molecular weight is 755 g/mol. The molecule has 2 unspecified atom stereocenters. The molecule has 3 aromatic carbocycles. The van der Waals surface area contributed by atoms with Crippen molar-refractivity contribution in [1.29, 1.82) is 0 Å². The summed E-state index contributed by atoms with van der Waals surface area (Å²) >= 11 is 0. The number of ether oxygens (including phenoxy) is 1. The molecule has 1 saturated heterocycles. The number of aromatic nitrogens is 4. The zero-order chi connectivity index (χ0) is 38.1. The minimum Gasteiger partial charge on any atom is -0.388 e. The molecule has 16 heteroatoms. The summed E-state index contributed by atoms with van der Waals surface area (Å²) in [6.45, 7) is 1.64. The van der Waals surface area contributed by atoms with E-state index in [1.165, 1.54) is 29.3 Å². The molecule has 2 aromatic heterocycles. The van der Waals surface area contributed by atoms with Crippen molar-refractivity contribution in [3.63, 3.8) is 0 Å². The normalized spacial score (nSPS) is 18.2. The summed E-state index contributed by atoms with van der Waals surface area (Å²) < 4.78 is 29.9. The molecule has 1 aliphatic carbocycles. The zero-order valence-corrected chi connectivity index (χ0v) is 31.1. The van der Waals surface area contributed by atoms with E-state index in [1.54, 1.807) is 20.3 Å². The van der Waals surface area contributed by atoms with E-state index in [4.69, 9.17) is 20.1 Å². The van der Waals surface area contributed by atoms with Gasteiger partial charge in [-0.1, -0.05) is 66.7 Å². The number of urea groups is 1. The standard InChI is InChI=1S/C36H40N10O4S.C2H6O/c37-51(49,50)30-13-7-12-27(19-30)41-36(48)42-28-16-17-45(21-28)35-43-33(32-34(44-35)46(22-39-32)29-15-14-26(18-29)40-23-47)38-20-31(24-8-3-1-4-9-24)25-10-5-2-6-11-25;1-3-2/h1-13,19,22-23,26,28-29,31H,14-18,20-21H2,(H,40,47)(H2,37,49,50)(H,38,43,44)(H2,41,42,48);1-2H3/t26?,28-,29?;/m1./s1. The number of rotatable bonds is 12. The lowest BCUT2D eigenvalue weighted by Crippen LogP contribution is -2.40. The monoisotopic (exact) mass is 754 g/mol. The molecule has 6 N–H and O–H groups in total. The Labute approximate surface area is 314 Å². The second kappa shape index (κ2) is 17.5. The number of carbonyl (C=O) groups excluding carboxylic acids is 2. The summed E-state index contributed by atoms with van der Waals surface area (Å²) in [6.07, 6.45) is 5.76. The van der Waals surface area contributed by atoms with Gasteiger partial charge in [0.2, 0.25) is 22.4 Å². The van der Waals surface area contributed by atoms with E-state index in [-0.39, 0.29) is 28.9 Å². The van der Waals surface area contributed by atoms with Crippen LogP contribution in [0.3, 0.4) is 0 Å². The number of nitrogens with zero attached hydrogens (tertiary/aromatic N) is 5. The molecule has 0 spiro atoms. The number of nitrogens with two attached hydrogens (primary N) is 1. The number of anilines is 3. The molecule has 284 valence electrons. The second-order valence-corrected chi connectivity index (χ2v) is 15.0. The van der Waals surface area contributed by atoms with Crippen molar-refractivity contribution in [3.8, 4) is 0 Å². The van der Waals surface area contributed by atoms with Gasteiger partial charge in [-0.05, 0) is 55.0 Å². The number of hydrogen-bond donors (Lipinski definition) is 5. The van der Waals surface area contributed by atoms with Gasteiger partial charge in [0.1, 0.15) is 0 Å². The van der Waals surface area contributed by atoms with Gasteiger partial charge in [-0.3, -0.25) is 4.79 Å². The van der Waals surface area contributed by atoms with Crippen molar-refractivity contribution in [2.75, 3.05) is 49.4 Å². The second-order valence-electron chi connectivity index (χ2n) is 13.4. The highest BCUT2D eigenvalue weighted by molar-refractivity contribution is 7.89. The van der Waals surface area contributed by atoms with Gasteiger partial charge in [-0.2, -0.15) is 9.97 Å². The number of benzene rings is 3. The number of nitrogens with one attached hydrogen (secondary N) is 4. The quantitative estimate of drug-likeness (QED) is 0.115. The van der Waals surface area contributed by atoms with E-state index in [0.29, 0.717) is 54.7 Å². The fourth-order valence-electron chi connectivity index (χ4n) is 7.06. The molecule has 0 bridgehead atoms. The SMILES string of the molecule is COC.NS(=O)(=O)c1cccc(NC(=O)N[C@@H]2CCN(c3nc(NCC(c4ccccc4)c4ccccc4)c4ncn(C5CCC(NC=O)C5)c4n3)C2)c1. The Kier molecular flexibility index (Phi) is 12.4. The fraction of sp³-hybridized carbons (Fsp3) is 0.342. The van der Waals surface area contributed by atoms with Gasteiger partial charge in [0.15, 0.2) is 17.0 Å². The van der Waals surface area contributed by atoms with Gasteiger partial charge >= 0.3 is 6.03 Å². The summed E-state index contributed by atoms with van der Waals surface area (Å²) in [6, 6.07) is 26.1. The molecule has 2 fully saturated rings. The van der Waals surface area contributed by atoms with Crippen LogP contribution in [0.15, 0.2) is 96.2 Å². The van der Waals surface area contributed by atoms with Crippen molar-refractivity contribution in [2.45, 2.75) is 54.6 Å². The Hall–Kier alpha value is -5.58. The molecule has 7 rings (SSSR count). The largest absolute Gasteiger partial charge is 0.388 e. The number of methoxy groups -OCH3 is 1. The summed E-state index contributed by atoms with van der Waals surface area (Å²) in [5.41, 5.74) is 4.04. The van der Waals surface area contributed by atoms with E-state index in [1.807, 2.05) is 47.6 Å². The van der Waals surface area contributed by atoms with Crippen LogP contribution in [0.1, 0.15) is 48.8 Å². The van der Waals surface area contributed by atoms with Crippen LogP contribution in [0.4, 0.5) is 22.2 Å². The number of sulfonamides is 1. The Morgan fingerprint density at radius 1 is 0.963 bits per heavy atom. The molecule has 1 aliphatic heterocycles. The van der Waals surface area contributed by atoms with Crippen LogP contribution in [-0.2, 0) is 19.6 Å². The number of amides is 3. The first kappa shape index (κ1) is 38.2. The van der Waals surface area contributed by atoms with Crippen molar-refractivity contribution in [1.82, 2.24) is 30.2 Å². The average Bonchev–Trinajstić information content (AvgIpc) is 3.93. The topological polar surface area (TPSA) is 198 Å². The highest BCUT2D eigenvalue weighted by Gasteiger charge is 2.31. The van der Waals surface area contributed by atoms with Crippen LogP contribution in [0.2, 0.25) is 0 Å². The van der Waals surface area contributed by atoms with Crippen molar-refractivity contribution in [2.24, 2.45) is 5.14 Å². The minimum absolute atomic E-state index is 0.0532. The van der Waals surface area contributed by atoms with E-state index in [9.17, 15) is 18.0 Å². The Balaban J connectivity index is 0.00000160. The van der Waals surface area contributed by atoms with Crippen LogP contribution >= 0.6 is 0 Å². The molecule has 2 aliphatic rings. The maximum absolute atomic E-state index is 12.9. The molecule has 3 atom stereocenters. The molecule has 3 amide bonds. The lowest BCUT2D eigenvalue weighted by molar-refractivity contribution is -0.110. The first-order valence-electron chi connectivity index (χ1n) is 17.8. The van der Waals surface area contributed by atoms with Gasteiger partial charge in [0.05, 0.1) is 11.2 Å². The third-order valence-electron chi connectivity index (χ3n) is 9.62. The van der Waals surface area contributed by atoms with E-state index in [2.05, 4.69) is 54.8 Å². The molecule has 1 saturated carbocycles. The molecule has 15 nitrogen and oxygen atoms in total. The van der Waals surface area contributed by atoms with Crippen molar-refractivity contribution >= 4 is 51.1 Å². The smallest absolute Gasteiger partial charge is 0.319 e. The zero-order valence-electron chi connectivity index (χ0n) is 30.3. The number of hydrogen-bond acceptors (Lipinski definition) is 10.